The highest BCUT2D eigenvalue weighted by Crippen LogP contribution is 2.54. The molecule has 0 amide bonds. The van der Waals surface area contributed by atoms with Crippen molar-refractivity contribution >= 4 is 123 Å². The van der Waals surface area contributed by atoms with Crippen LogP contribution in [0.3, 0.4) is 0 Å². The third kappa shape index (κ3) is 12.2. The van der Waals surface area contributed by atoms with E-state index in [0.717, 1.165) is 123 Å². The first kappa shape index (κ1) is 72.5. The molecule has 13 aromatic carbocycles. The number of para-hydroxylation sites is 2. The average molecular weight is 1460 g/mol. The van der Waals surface area contributed by atoms with Gasteiger partial charge in [-0.15, -0.1) is 0 Å². The van der Waals surface area contributed by atoms with Crippen molar-refractivity contribution in [1.82, 2.24) is 4.57 Å². The quantitative estimate of drug-likeness (QED) is 0.149. The van der Waals surface area contributed by atoms with E-state index in [1.807, 2.05) is 0 Å². The second kappa shape index (κ2) is 25.2. The Morgan fingerprint density at radius 2 is 0.607 bits per heavy atom. The summed E-state index contributed by atoms with van der Waals surface area (Å²) in [5.41, 5.74) is 34.3. The van der Waals surface area contributed by atoms with Gasteiger partial charge in [0.2, 0.25) is 0 Å². The zero-order valence-electron chi connectivity index (χ0n) is 69.4. The van der Waals surface area contributed by atoms with Crippen LogP contribution < -0.4 is 26.2 Å². The number of benzene rings is 13. The fourth-order valence-corrected chi connectivity index (χ4v) is 17.7. The molecule has 3 aromatic heterocycles. The van der Waals surface area contributed by atoms with E-state index in [9.17, 15) is 0 Å². The molecule has 5 heterocycles. The Bertz CT molecular complexity index is 6410. The number of hydrogen-bond donors (Lipinski definition) is 0. The van der Waals surface area contributed by atoms with Crippen LogP contribution in [-0.4, -0.2) is 11.3 Å². The van der Waals surface area contributed by atoms with Gasteiger partial charge in [-0.05, 0) is 223 Å². The highest BCUT2D eigenvalue weighted by Gasteiger charge is 2.46. The average Bonchev–Trinajstić information content (AvgIpc) is 1.00. The highest BCUT2D eigenvalue weighted by atomic mass is 16.3. The standard InChI is InChI=1S/C106H104BN3O2/c1-100(2,3)71-39-35-64(36-40-71)70-54-89(97-79-31-25-27-33-93(79)112-96(97)56-70)109-87-44-38-65(67-47-74(103(10,11)12)57-75(48-67)104(13,14)15)51-84(87)107-83-43-37-66(68-49-76(105(16,17)18)58-77(50-68)106(19,20)21)52-88(83)110(90-53-69(63-29-23-22-24-30-63)55-95-98(90)80-32-26-28-34-94(80)111-95)92-62-78(61-91(109)99(92)107)108-85-45-41-72(101(4,5)6)59-81(85)82-60-73(102(7,8)9)42-46-86(82)108/h22-62H,1-21H3. The summed E-state index contributed by atoms with van der Waals surface area (Å²) < 4.78 is 17.1. The Morgan fingerprint density at radius 1 is 0.232 bits per heavy atom. The molecule has 0 fully saturated rings. The van der Waals surface area contributed by atoms with Crippen molar-refractivity contribution in [3.63, 3.8) is 0 Å². The Balaban J connectivity index is 1.05. The molecule has 6 heteroatoms. The second-order valence-corrected chi connectivity index (χ2v) is 39.6. The minimum Gasteiger partial charge on any atom is -0.456 e. The molecule has 0 aliphatic carbocycles. The first-order valence-corrected chi connectivity index (χ1v) is 40.5. The van der Waals surface area contributed by atoms with Crippen molar-refractivity contribution < 1.29 is 8.83 Å². The summed E-state index contributed by atoms with van der Waals surface area (Å²) in [7, 11) is 0. The van der Waals surface area contributed by atoms with Crippen LogP contribution in [0.15, 0.2) is 258 Å². The molecule has 16 aromatic rings. The number of hydrogen-bond acceptors (Lipinski definition) is 4. The monoisotopic (exact) mass is 1460 g/mol. The second-order valence-electron chi connectivity index (χ2n) is 39.6. The molecule has 0 radical (unpaired) electrons. The predicted octanol–water partition coefficient (Wildman–Crippen LogP) is 28.4. The van der Waals surface area contributed by atoms with Gasteiger partial charge in [0.15, 0.2) is 0 Å². The molecule has 0 bridgehead atoms. The van der Waals surface area contributed by atoms with Crippen LogP contribution in [0.2, 0.25) is 0 Å². The molecule has 2 aliphatic rings. The first-order valence-electron chi connectivity index (χ1n) is 40.5. The summed E-state index contributed by atoms with van der Waals surface area (Å²) in [6.07, 6.45) is 0. The van der Waals surface area contributed by atoms with Crippen molar-refractivity contribution in [3.8, 4) is 50.2 Å². The van der Waals surface area contributed by atoms with Gasteiger partial charge in [-0.3, -0.25) is 0 Å². The normalized spacial score (nSPS) is 13.7. The number of aromatic nitrogens is 1. The number of anilines is 6. The third-order valence-corrected chi connectivity index (χ3v) is 24.4. The topological polar surface area (TPSA) is 37.7 Å². The summed E-state index contributed by atoms with van der Waals surface area (Å²) >= 11 is 0. The minimum absolute atomic E-state index is 0.0353. The number of fused-ring (bicyclic) bond motifs is 13. The predicted molar refractivity (Wildman–Crippen MR) is 482 cm³/mol. The fraction of sp³-hybridized carbons (Fsp3) is 0.264. The molecule has 112 heavy (non-hydrogen) atoms. The van der Waals surface area contributed by atoms with Crippen LogP contribution in [0.4, 0.5) is 34.1 Å². The largest absolute Gasteiger partial charge is 0.456 e. The maximum Gasteiger partial charge on any atom is 0.252 e. The molecule has 558 valence electrons. The molecule has 2 aliphatic heterocycles. The zero-order valence-corrected chi connectivity index (χ0v) is 69.4. The summed E-state index contributed by atoms with van der Waals surface area (Å²) in [6.45, 7) is 48.9. The van der Waals surface area contributed by atoms with Crippen LogP contribution >= 0.6 is 0 Å². The third-order valence-electron chi connectivity index (χ3n) is 24.4. The van der Waals surface area contributed by atoms with Gasteiger partial charge in [0, 0.05) is 44.3 Å². The summed E-state index contributed by atoms with van der Waals surface area (Å²) in [4.78, 5) is 5.35. The number of nitrogens with zero attached hydrogens (tertiary/aromatic N) is 3. The van der Waals surface area contributed by atoms with E-state index in [-0.39, 0.29) is 44.6 Å². The molecule has 0 saturated heterocycles. The van der Waals surface area contributed by atoms with E-state index in [2.05, 4.69) is 408 Å². The molecule has 0 atom stereocenters. The lowest BCUT2D eigenvalue weighted by Gasteiger charge is -2.45. The molecular weight excluding hydrogens is 1360 g/mol. The maximum absolute atomic E-state index is 7.27. The van der Waals surface area contributed by atoms with Crippen LogP contribution in [0.5, 0.6) is 0 Å². The van der Waals surface area contributed by atoms with Gasteiger partial charge in [-0.1, -0.05) is 309 Å². The van der Waals surface area contributed by atoms with Crippen molar-refractivity contribution in [3.05, 3.63) is 288 Å². The molecule has 5 nitrogen and oxygen atoms in total. The van der Waals surface area contributed by atoms with E-state index in [4.69, 9.17) is 8.83 Å². The lowest BCUT2D eigenvalue weighted by Crippen LogP contribution is -2.61. The van der Waals surface area contributed by atoms with Gasteiger partial charge in [-0.2, -0.15) is 0 Å². The molecular formula is C106H104BN3O2. The Morgan fingerprint density at radius 3 is 1.06 bits per heavy atom. The molecule has 18 rings (SSSR count). The maximum atomic E-state index is 7.27. The summed E-state index contributed by atoms with van der Waals surface area (Å²) in [5.74, 6) is 0. The Kier molecular flexibility index (Phi) is 16.3. The fourth-order valence-electron chi connectivity index (χ4n) is 17.7. The summed E-state index contributed by atoms with van der Waals surface area (Å²) in [6, 6.07) is 96.4. The SMILES string of the molecule is CC(C)(C)c1ccc(-c2cc(N3c4ccc(-c5cc(C(C)(C)C)cc(C(C)(C)C)c5)cc4B4c5ccc(-c6cc(C(C)(C)C)cc(C(C)(C)C)c6)cc5N(c5cc(-c6ccccc6)cc6oc7ccccc7c56)c5cc(-n6c7ccc(C(C)(C)C)cc7c7cc(C(C)(C)C)ccc76)cc3c54)c3c(c2)oc2ccccc23)cc1. The summed E-state index contributed by atoms with van der Waals surface area (Å²) in [5, 5.41) is 6.69. The van der Waals surface area contributed by atoms with Crippen molar-refractivity contribution in [2.75, 3.05) is 9.80 Å². The smallest absolute Gasteiger partial charge is 0.252 e. The lowest BCUT2D eigenvalue weighted by molar-refractivity contribution is 0.568. The first-order chi connectivity index (χ1) is 52.9. The van der Waals surface area contributed by atoms with Gasteiger partial charge >= 0.3 is 0 Å². The van der Waals surface area contributed by atoms with Gasteiger partial charge in [0.25, 0.3) is 6.71 Å². The lowest BCUT2D eigenvalue weighted by atomic mass is 9.33. The van der Waals surface area contributed by atoms with Crippen molar-refractivity contribution in [1.29, 1.82) is 0 Å². The molecule has 0 saturated carbocycles. The minimum atomic E-state index is -0.301. The van der Waals surface area contributed by atoms with Crippen LogP contribution in [0.1, 0.15) is 184 Å². The van der Waals surface area contributed by atoms with Crippen molar-refractivity contribution in [2.24, 2.45) is 0 Å². The van der Waals surface area contributed by atoms with Crippen LogP contribution in [0.25, 0.3) is 116 Å². The molecule has 0 unspecified atom stereocenters. The van der Waals surface area contributed by atoms with Crippen LogP contribution in [0, 0.1) is 0 Å². The zero-order chi connectivity index (χ0) is 78.6. The molecule has 0 N–H and O–H groups in total. The van der Waals surface area contributed by atoms with Gasteiger partial charge in [-0.25, -0.2) is 0 Å². The van der Waals surface area contributed by atoms with Crippen molar-refractivity contribution in [2.45, 2.75) is 183 Å². The van der Waals surface area contributed by atoms with Crippen LogP contribution in [-0.2, 0) is 37.9 Å². The Labute approximate surface area is 663 Å². The van der Waals surface area contributed by atoms with Gasteiger partial charge in [0.1, 0.15) is 22.3 Å². The van der Waals surface area contributed by atoms with Gasteiger partial charge < -0.3 is 23.2 Å². The Hall–Kier alpha value is -11.1. The van der Waals surface area contributed by atoms with E-state index >= 15 is 0 Å². The van der Waals surface area contributed by atoms with E-state index in [1.54, 1.807) is 0 Å². The van der Waals surface area contributed by atoms with E-state index in [1.165, 1.54) is 82.8 Å². The van der Waals surface area contributed by atoms with Gasteiger partial charge in [0.05, 0.1) is 38.9 Å². The number of furan rings is 2. The highest BCUT2D eigenvalue weighted by molar-refractivity contribution is 7.00. The van der Waals surface area contributed by atoms with E-state index < -0.39 is 0 Å². The molecule has 0 spiro atoms. The number of rotatable bonds is 7. The van der Waals surface area contributed by atoms with E-state index in [0.29, 0.717) is 0 Å².